The van der Waals surface area contributed by atoms with Crippen LogP contribution in [0.1, 0.15) is 11.1 Å². The number of hydrogen-bond acceptors (Lipinski definition) is 0. The van der Waals surface area contributed by atoms with Gasteiger partial charge >= 0.3 is 97.6 Å². The molecule has 0 bridgehead atoms. The summed E-state index contributed by atoms with van der Waals surface area (Å²) in [6.07, 6.45) is 0. The summed E-state index contributed by atoms with van der Waals surface area (Å²) in [4.78, 5) is 0. The Hall–Kier alpha value is -1.37. The van der Waals surface area contributed by atoms with Crippen molar-refractivity contribution < 1.29 is 0 Å². The van der Waals surface area contributed by atoms with Gasteiger partial charge in [0.15, 0.2) is 0 Å². The summed E-state index contributed by atoms with van der Waals surface area (Å²) in [6, 6.07) is 8.73. The van der Waals surface area contributed by atoms with E-state index in [9.17, 15) is 0 Å². The molecule has 1 aromatic carbocycles. The van der Waals surface area contributed by atoms with Gasteiger partial charge in [0.2, 0.25) is 0 Å². The summed E-state index contributed by atoms with van der Waals surface area (Å²) in [7, 11) is 0. The first-order chi connectivity index (χ1) is 7.83. The average Bonchev–Trinajstić information content (AvgIpc) is 2.73. The quantitative estimate of drug-likeness (QED) is 0.600. The standard InChI is InChI=1S/C13H11B3/c1-10-2-4-11(5-3-10)12-9-16-7-6-14-8-13(16)15-12/h2-9H,1H3. The fraction of sp³-hybridized carbons (Fsp3) is 0.0769. The van der Waals surface area contributed by atoms with E-state index in [1.807, 2.05) is 0 Å². The molecule has 0 aromatic heterocycles. The minimum absolute atomic E-state index is 0.487. The number of benzene rings is 1. The molecule has 1 aromatic rings. The molecule has 2 heterocycles. The Morgan fingerprint density at radius 1 is 1.12 bits per heavy atom. The summed E-state index contributed by atoms with van der Waals surface area (Å²) >= 11 is 0. The monoisotopic (exact) mass is 200 g/mol. The van der Waals surface area contributed by atoms with E-state index in [4.69, 9.17) is 0 Å². The summed E-state index contributed by atoms with van der Waals surface area (Å²) in [5, 5.41) is 1.40. The third-order valence-electron chi connectivity index (χ3n) is 3.17. The Bertz CT molecular complexity index is 533. The molecule has 0 radical (unpaired) electrons. The molecule has 0 amide bonds. The summed E-state index contributed by atoms with van der Waals surface area (Å²) in [5.41, 5.74) is 3.97. The van der Waals surface area contributed by atoms with Crippen LogP contribution in [0.3, 0.4) is 0 Å². The third kappa shape index (κ3) is 1.71. The van der Waals surface area contributed by atoms with Gasteiger partial charge in [-0.2, -0.15) is 0 Å². The topological polar surface area (TPSA) is 0 Å². The average molecular weight is 200 g/mol. The summed E-state index contributed by atoms with van der Waals surface area (Å²) in [5.74, 6) is 8.89. The van der Waals surface area contributed by atoms with E-state index in [-0.39, 0.29) is 0 Å². The van der Waals surface area contributed by atoms with Crippen molar-refractivity contribution in [2.45, 2.75) is 6.92 Å². The van der Waals surface area contributed by atoms with Gasteiger partial charge in [0.05, 0.1) is 0 Å². The molecule has 0 N–H and O–H groups in total. The molecule has 2 aliphatic heterocycles. The van der Waals surface area contributed by atoms with Crippen molar-refractivity contribution in [2.75, 3.05) is 0 Å². The van der Waals surface area contributed by atoms with E-state index in [0.29, 0.717) is 6.71 Å². The van der Waals surface area contributed by atoms with Gasteiger partial charge in [-0.15, -0.1) is 0 Å². The molecule has 0 atom stereocenters. The Morgan fingerprint density at radius 3 is 2.69 bits per heavy atom. The van der Waals surface area contributed by atoms with E-state index >= 15 is 0 Å². The van der Waals surface area contributed by atoms with Crippen LogP contribution in [0.5, 0.6) is 0 Å². The van der Waals surface area contributed by atoms with Crippen LogP contribution in [-0.4, -0.2) is 31.9 Å². The SMILES string of the molecule is Cc1ccc(C2=CB3C=CB=CC3=B2)cc1. The van der Waals surface area contributed by atoms with Gasteiger partial charge in [0, 0.05) is 0 Å². The zero-order chi connectivity index (χ0) is 11.0. The Balaban J connectivity index is 1.98. The molecule has 0 saturated carbocycles. The third-order valence-corrected chi connectivity index (χ3v) is 3.17. The fourth-order valence-electron chi connectivity index (χ4n) is 2.22. The summed E-state index contributed by atoms with van der Waals surface area (Å²) in [6.45, 7) is 7.00. The van der Waals surface area contributed by atoms with Crippen LogP contribution in [0.25, 0.3) is 5.47 Å². The first-order valence-corrected chi connectivity index (χ1v) is 5.68. The van der Waals surface area contributed by atoms with Crippen LogP contribution in [0, 0.1) is 6.92 Å². The van der Waals surface area contributed by atoms with Crippen LogP contribution >= 0.6 is 0 Å². The van der Waals surface area contributed by atoms with Crippen LogP contribution in [-0.2, 0) is 0 Å². The van der Waals surface area contributed by atoms with Crippen molar-refractivity contribution in [1.82, 2.24) is 0 Å². The van der Waals surface area contributed by atoms with Crippen LogP contribution in [0.4, 0.5) is 0 Å². The molecular weight excluding hydrogens is 189 g/mol. The number of aryl methyl sites for hydroxylation is 1. The van der Waals surface area contributed by atoms with Gasteiger partial charge in [0.25, 0.3) is 0 Å². The van der Waals surface area contributed by atoms with E-state index < -0.39 is 0 Å². The normalized spacial score (nSPS) is 16.2. The van der Waals surface area contributed by atoms with Crippen LogP contribution in [0.2, 0.25) is 0 Å². The molecule has 72 valence electrons. The van der Waals surface area contributed by atoms with Crippen molar-refractivity contribution >= 4 is 37.4 Å². The van der Waals surface area contributed by atoms with E-state index in [0.717, 1.165) is 0 Å². The second-order valence-corrected chi connectivity index (χ2v) is 4.40. The van der Waals surface area contributed by atoms with Gasteiger partial charge in [-0.3, -0.25) is 0 Å². The molecule has 3 rings (SSSR count). The van der Waals surface area contributed by atoms with Crippen molar-refractivity contribution in [1.29, 1.82) is 0 Å². The maximum atomic E-state index is 2.33. The molecule has 16 heavy (non-hydrogen) atoms. The molecule has 0 nitrogen and oxygen atoms in total. The Morgan fingerprint density at radius 2 is 1.94 bits per heavy atom. The first-order valence-electron chi connectivity index (χ1n) is 5.68. The van der Waals surface area contributed by atoms with E-state index in [1.54, 1.807) is 0 Å². The van der Waals surface area contributed by atoms with Crippen molar-refractivity contribution in [3.63, 3.8) is 0 Å². The predicted octanol–water partition coefficient (Wildman–Crippen LogP) is 1.37. The molecule has 0 spiro atoms. The van der Waals surface area contributed by atoms with Gasteiger partial charge in [-0.1, -0.05) is 0 Å². The van der Waals surface area contributed by atoms with E-state index in [2.05, 4.69) is 68.9 Å². The minimum atomic E-state index is 0.487. The predicted molar refractivity (Wildman–Crippen MR) is 76.6 cm³/mol. The number of fused-ring (bicyclic) bond motifs is 1. The van der Waals surface area contributed by atoms with Crippen LogP contribution < -0.4 is 0 Å². The summed E-state index contributed by atoms with van der Waals surface area (Å²) < 4.78 is 0. The molecule has 2 aliphatic rings. The van der Waals surface area contributed by atoms with Crippen molar-refractivity contribution in [2.24, 2.45) is 0 Å². The fourth-order valence-corrected chi connectivity index (χ4v) is 2.22. The zero-order valence-electron chi connectivity index (χ0n) is 9.35. The second kappa shape index (κ2) is 3.90. The van der Waals surface area contributed by atoms with Crippen molar-refractivity contribution in [3.05, 3.63) is 53.3 Å². The van der Waals surface area contributed by atoms with Gasteiger partial charge in [-0.25, -0.2) is 0 Å². The molecule has 3 heteroatoms. The number of rotatable bonds is 1. The maximum absolute atomic E-state index is 2.33. The Kier molecular flexibility index (Phi) is 2.39. The van der Waals surface area contributed by atoms with Crippen LogP contribution in [0.15, 0.2) is 42.2 Å². The molecular formula is C13H11B3. The van der Waals surface area contributed by atoms with Gasteiger partial charge in [-0.05, 0) is 0 Å². The van der Waals surface area contributed by atoms with Crippen molar-refractivity contribution in [3.8, 4) is 0 Å². The molecule has 0 fully saturated rings. The first kappa shape index (κ1) is 9.83. The zero-order valence-corrected chi connectivity index (χ0v) is 9.35. The second-order valence-electron chi connectivity index (χ2n) is 4.40. The molecule has 0 saturated heterocycles. The number of hydrogen-bond donors (Lipinski definition) is 0. The van der Waals surface area contributed by atoms with Gasteiger partial charge < -0.3 is 0 Å². The molecule has 0 unspecified atom stereocenters. The van der Waals surface area contributed by atoms with Gasteiger partial charge in [0.1, 0.15) is 0 Å². The van der Waals surface area contributed by atoms with E-state index in [1.165, 1.54) is 22.0 Å². The Labute approximate surface area is 98.0 Å². The molecule has 0 aliphatic carbocycles.